The second-order valence-electron chi connectivity index (χ2n) is 10.1. The summed E-state index contributed by atoms with van der Waals surface area (Å²) in [6.07, 6.45) is 2.45. The van der Waals surface area contributed by atoms with Gasteiger partial charge in [-0.3, -0.25) is 9.59 Å². The van der Waals surface area contributed by atoms with E-state index in [0.717, 1.165) is 19.3 Å². The minimum atomic E-state index is -0.242. The van der Waals surface area contributed by atoms with Crippen molar-refractivity contribution < 1.29 is 19.1 Å². The first-order valence-corrected chi connectivity index (χ1v) is 12.0. The van der Waals surface area contributed by atoms with Gasteiger partial charge in [0.15, 0.2) is 0 Å². The predicted molar refractivity (Wildman–Crippen MR) is 135 cm³/mol. The van der Waals surface area contributed by atoms with Crippen LogP contribution >= 0.6 is 23.2 Å². The molecule has 1 aliphatic rings. The van der Waals surface area contributed by atoms with Crippen molar-refractivity contribution in [1.29, 1.82) is 0 Å². The first-order valence-electron chi connectivity index (χ1n) is 11.2. The van der Waals surface area contributed by atoms with Gasteiger partial charge in [-0.25, -0.2) is 0 Å². The molecule has 34 heavy (non-hydrogen) atoms. The maximum Gasteiger partial charge on any atom is 0.255 e. The van der Waals surface area contributed by atoms with Crippen LogP contribution in [-0.2, 0) is 0 Å². The molecule has 2 N–H and O–H groups in total. The average Bonchev–Trinajstić information content (AvgIpc) is 2.76. The molecule has 0 bridgehead atoms. The van der Waals surface area contributed by atoms with Gasteiger partial charge in [0.1, 0.15) is 11.5 Å². The molecule has 0 aliphatic heterocycles. The van der Waals surface area contributed by atoms with Crippen LogP contribution in [0.3, 0.4) is 0 Å². The lowest BCUT2D eigenvalue weighted by Gasteiger charge is -2.47. The lowest BCUT2D eigenvalue weighted by atomic mass is 9.62. The summed E-state index contributed by atoms with van der Waals surface area (Å²) in [5.41, 5.74) is 0.550. The zero-order chi connectivity index (χ0) is 25.1. The third kappa shape index (κ3) is 6.36. The van der Waals surface area contributed by atoms with Gasteiger partial charge in [-0.2, -0.15) is 0 Å². The van der Waals surface area contributed by atoms with Crippen LogP contribution in [0.15, 0.2) is 36.4 Å². The summed E-state index contributed by atoms with van der Waals surface area (Å²) < 4.78 is 10.7. The topological polar surface area (TPSA) is 76.7 Å². The van der Waals surface area contributed by atoms with E-state index < -0.39 is 0 Å². The van der Waals surface area contributed by atoms with Crippen molar-refractivity contribution in [3.63, 3.8) is 0 Å². The lowest BCUT2D eigenvalue weighted by Crippen LogP contribution is -2.50. The van der Waals surface area contributed by atoms with E-state index >= 15 is 0 Å². The molecule has 2 unspecified atom stereocenters. The summed E-state index contributed by atoms with van der Waals surface area (Å²) in [5.74, 6) is 0.476. The number of nitrogens with one attached hydrogen (secondary N) is 2. The van der Waals surface area contributed by atoms with Crippen LogP contribution in [0.4, 0.5) is 0 Å². The Morgan fingerprint density at radius 1 is 0.912 bits per heavy atom. The van der Waals surface area contributed by atoms with Crippen LogP contribution < -0.4 is 20.1 Å². The number of carbonyl (C=O) groups excluding carboxylic acids is 2. The summed E-state index contributed by atoms with van der Waals surface area (Å²) in [5, 5.41) is 7.16. The minimum absolute atomic E-state index is 0.0260. The van der Waals surface area contributed by atoms with Crippen LogP contribution in [0, 0.1) is 10.8 Å². The molecule has 6 nitrogen and oxygen atoms in total. The first kappa shape index (κ1) is 26.2. The smallest absolute Gasteiger partial charge is 0.255 e. The van der Waals surface area contributed by atoms with E-state index in [1.807, 2.05) is 0 Å². The van der Waals surface area contributed by atoms with Gasteiger partial charge in [0.25, 0.3) is 11.8 Å². The molecule has 2 aromatic rings. The molecule has 2 atom stereocenters. The molecule has 2 aromatic carbocycles. The van der Waals surface area contributed by atoms with Gasteiger partial charge >= 0.3 is 0 Å². The van der Waals surface area contributed by atoms with Gasteiger partial charge in [0.05, 0.1) is 25.3 Å². The Bertz CT molecular complexity index is 1070. The number of benzene rings is 2. The summed E-state index contributed by atoms with van der Waals surface area (Å²) in [7, 11) is 3.05. The number of amides is 2. The molecular formula is C26H32Cl2N2O4. The van der Waals surface area contributed by atoms with Crippen LogP contribution in [-0.4, -0.2) is 38.6 Å². The van der Waals surface area contributed by atoms with Crippen molar-refractivity contribution in [2.45, 2.75) is 46.1 Å². The molecule has 0 saturated heterocycles. The molecule has 0 heterocycles. The summed E-state index contributed by atoms with van der Waals surface area (Å²) in [6, 6.07) is 9.89. The number of halogens is 2. The molecule has 8 heteroatoms. The molecule has 0 spiro atoms. The van der Waals surface area contributed by atoms with Crippen molar-refractivity contribution in [3.8, 4) is 11.5 Å². The van der Waals surface area contributed by atoms with E-state index in [4.69, 9.17) is 32.7 Å². The summed E-state index contributed by atoms with van der Waals surface area (Å²) >= 11 is 12.2. The number of hydrogen-bond donors (Lipinski definition) is 2. The average molecular weight is 507 g/mol. The highest BCUT2D eigenvalue weighted by atomic mass is 35.5. The first-order chi connectivity index (χ1) is 15.9. The van der Waals surface area contributed by atoms with Gasteiger partial charge < -0.3 is 20.1 Å². The normalized spacial score (nSPS) is 21.4. The SMILES string of the molecule is COc1ccc(Cl)cc1C(=O)NCC1(C)CC(NC(=O)c2cc(Cl)ccc2OC)CC(C)(C)C1. The van der Waals surface area contributed by atoms with E-state index in [9.17, 15) is 9.59 Å². The second-order valence-corrected chi connectivity index (χ2v) is 11.0. The van der Waals surface area contributed by atoms with E-state index in [1.54, 1.807) is 36.4 Å². The summed E-state index contributed by atoms with van der Waals surface area (Å²) in [6.45, 7) is 6.97. The molecule has 1 aliphatic carbocycles. The zero-order valence-electron chi connectivity index (χ0n) is 20.3. The Morgan fingerprint density at radius 2 is 1.44 bits per heavy atom. The Hall–Kier alpha value is -2.44. The minimum Gasteiger partial charge on any atom is -0.496 e. The highest BCUT2D eigenvalue weighted by molar-refractivity contribution is 6.31. The van der Waals surface area contributed by atoms with Gasteiger partial charge in [-0.15, -0.1) is 0 Å². The van der Waals surface area contributed by atoms with Gasteiger partial charge in [0, 0.05) is 22.6 Å². The fraction of sp³-hybridized carbons (Fsp3) is 0.462. The van der Waals surface area contributed by atoms with Crippen LogP contribution in [0.25, 0.3) is 0 Å². The van der Waals surface area contributed by atoms with Crippen molar-refractivity contribution >= 4 is 35.0 Å². The number of ether oxygens (including phenoxy) is 2. The standard InChI is InChI=1S/C26H32Cl2N2O4/c1-25(2)12-18(30-24(32)20-11-17(28)7-9-22(20)34-5)13-26(3,14-25)15-29-23(31)19-10-16(27)6-8-21(19)33-4/h6-11,18H,12-15H2,1-5H3,(H,29,31)(H,30,32). The lowest BCUT2D eigenvalue weighted by molar-refractivity contribution is 0.0590. The highest BCUT2D eigenvalue weighted by Crippen LogP contribution is 2.46. The largest absolute Gasteiger partial charge is 0.496 e. The maximum absolute atomic E-state index is 13.1. The predicted octanol–water partition coefficient (Wildman–Crippen LogP) is 5.76. The quantitative estimate of drug-likeness (QED) is 0.500. The highest BCUT2D eigenvalue weighted by Gasteiger charge is 2.42. The summed E-state index contributed by atoms with van der Waals surface area (Å²) in [4.78, 5) is 26.0. The van der Waals surface area contributed by atoms with Crippen molar-refractivity contribution in [3.05, 3.63) is 57.6 Å². The Morgan fingerprint density at radius 3 is 1.97 bits per heavy atom. The Labute approximate surface area is 211 Å². The van der Waals surface area contributed by atoms with E-state index in [0.29, 0.717) is 39.2 Å². The van der Waals surface area contributed by atoms with Crippen LogP contribution in [0.1, 0.15) is 60.7 Å². The maximum atomic E-state index is 13.1. The van der Waals surface area contributed by atoms with Crippen molar-refractivity contribution in [2.75, 3.05) is 20.8 Å². The molecule has 1 saturated carbocycles. The number of carbonyl (C=O) groups is 2. The molecular weight excluding hydrogens is 475 g/mol. The van der Waals surface area contributed by atoms with E-state index in [1.165, 1.54) is 14.2 Å². The molecule has 2 amide bonds. The fourth-order valence-electron chi connectivity index (χ4n) is 5.24. The Balaban J connectivity index is 1.73. The molecule has 184 valence electrons. The number of rotatable bonds is 7. The van der Waals surface area contributed by atoms with Crippen molar-refractivity contribution in [1.82, 2.24) is 10.6 Å². The van der Waals surface area contributed by atoms with Crippen LogP contribution in [0.2, 0.25) is 10.0 Å². The van der Waals surface area contributed by atoms with Crippen molar-refractivity contribution in [2.24, 2.45) is 10.8 Å². The second kappa shape index (κ2) is 10.4. The van der Waals surface area contributed by atoms with E-state index in [2.05, 4.69) is 31.4 Å². The monoisotopic (exact) mass is 506 g/mol. The molecule has 3 rings (SSSR count). The van der Waals surface area contributed by atoms with E-state index in [-0.39, 0.29) is 28.7 Å². The third-order valence-electron chi connectivity index (χ3n) is 6.27. The molecule has 0 aromatic heterocycles. The number of methoxy groups -OCH3 is 2. The van der Waals surface area contributed by atoms with Crippen LogP contribution in [0.5, 0.6) is 11.5 Å². The third-order valence-corrected chi connectivity index (χ3v) is 6.74. The Kier molecular flexibility index (Phi) is 8.04. The van der Waals surface area contributed by atoms with Gasteiger partial charge in [-0.1, -0.05) is 44.0 Å². The van der Waals surface area contributed by atoms with Gasteiger partial charge in [-0.05, 0) is 66.5 Å². The fourth-order valence-corrected chi connectivity index (χ4v) is 5.58. The number of hydrogen-bond acceptors (Lipinski definition) is 4. The zero-order valence-corrected chi connectivity index (χ0v) is 21.8. The molecule has 1 fully saturated rings. The van der Waals surface area contributed by atoms with Gasteiger partial charge in [0.2, 0.25) is 0 Å². The molecule has 0 radical (unpaired) electrons.